The quantitative estimate of drug-likeness (QED) is 0.851. The van der Waals surface area contributed by atoms with E-state index in [1.807, 2.05) is 26.1 Å². The lowest BCUT2D eigenvalue weighted by Gasteiger charge is -2.38. The molecule has 1 saturated carbocycles. The molecule has 3 atom stereocenters. The molecule has 2 heterocycles. The van der Waals surface area contributed by atoms with Gasteiger partial charge in [-0.05, 0) is 49.4 Å². The molecule has 0 bridgehead atoms. The van der Waals surface area contributed by atoms with Crippen molar-refractivity contribution in [2.24, 2.45) is 11.3 Å². The first-order valence-corrected chi connectivity index (χ1v) is 9.42. The van der Waals surface area contributed by atoms with E-state index in [1.165, 1.54) is 6.42 Å². The van der Waals surface area contributed by atoms with Crippen molar-refractivity contribution < 1.29 is 9.59 Å². The Bertz CT molecular complexity index is 723. The van der Waals surface area contributed by atoms with E-state index in [0.29, 0.717) is 12.3 Å². The number of fused-ring (bicyclic) bond motifs is 2. The standard InChI is InChI=1S/C20H27N3O2.ClH/c1-13(14-6-7-17-15(9-14)10-18(24)23(17)2)22-19(25)20-8-4-3-5-16(20)11-21-12-20;/h6-7,9,13,16,21H,3-5,8,10-12H2,1-2H3,(H,22,25);1H/t13?,16-,20+;/m0./s1. The second kappa shape index (κ2) is 7.20. The summed E-state index contributed by atoms with van der Waals surface area (Å²) < 4.78 is 0. The SMILES string of the molecule is CC(NC(=O)[C@@]12CCCC[C@H]1CNC2)c1ccc2c(c1)CC(=O)N2C.Cl. The van der Waals surface area contributed by atoms with Crippen molar-refractivity contribution in [1.29, 1.82) is 0 Å². The van der Waals surface area contributed by atoms with E-state index in [4.69, 9.17) is 0 Å². The van der Waals surface area contributed by atoms with Gasteiger partial charge in [-0.1, -0.05) is 25.0 Å². The molecule has 1 aromatic rings. The number of rotatable bonds is 3. The van der Waals surface area contributed by atoms with Crippen LogP contribution in [0.25, 0.3) is 0 Å². The van der Waals surface area contributed by atoms with Crippen molar-refractivity contribution >= 4 is 29.9 Å². The number of hydrogen-bond acceptors (Lipinski definition) is 3. The fourth-order valence-corrected chi connectivity index (χ4v) is 4.87. The number of benzene rings is 1. The zero-order valence-corrected chi connectivity index (χ0v) is 16.3. The smallest absolute Gasteiger partial charge is 0.231 e. The molecule has 1 aromatic carbocycles. The van der Waals surface area contributed by atoms with Gasteiger partial charge in [-0.25, -0.2) is 0 Å². The highest BCUT2D eigenvalue weighted by molar-refractivity contribution is 6.01. The van der Waals surface area contributed by atoms with Crippen LogP contribution in [0.2, 0.25) is 0 Å². The average molecular weight is 378 g/mol. The monoisotopic (exact) mass is 377 g/mol. The molecule has 142 valence electrons. The molecule has 5 nitrogen and oxygen atoms in total. The van der Waals surface area contributed by atoms with Crippen LogP contribution < -0.4 is 15.5 Å². The van der Waals surface area contributed by atoms with Crippen LogP contribution in [0.1, 0.15) is 49.8 Å². The number of nitrogens with zero attached hydrogens (tertiary/aromatic N) is 1. The van der Waals surface area contributed by atoms with Crippen molar-refractivity contribution in [3.05, 3.63) is 29.3 Å². The minimum Gasteiger partial charge on any atom is -0.349 e. The summed E-state index contributed by atoms with van der Waals surface area (Å²) in [4.78, 5) is 26.7. The molecule has 2 amide bonds. The van der Waals surface area contributed by atoms with E-state index in [1.54, 1.807) is 4.90 Å². The van der Waals surface area contributed by atoms with Gasteiger partial charge in [-0.3, -0.25) is 9.59 Å². The van der Waals surface area contributed by atoms with Crippen molar-refractivity contribution in [3.8, 4) is 0 Å². The van der Waals surface area contributed by atoms with Gasteiger partial charge in [0.25, 0.3) is 0 Å². The first kappa shape index (κ1) is 19.2. The van der Waals surface area contributed by atoms with Gasteiger partial charge >= 0.3 is 0 Å². The number of carbonyl (C=O) groups is 2. The maximum Gasteiger partial charge on any atom is 0.231 e. The second-order valence-electron chi connectivity index (χ2n) is 7.94. The fraction of sp³-hybridized carbons (Fsp3) is 0.600. The Morgan fingerprint density at radius 1 is 1.38 bits per heavy atom. The summed E-state index contributed by atoms with van der Waals surface area (Å²) in [6.07, 6.45) is 4.99. The maximum absolute atomic E-state index is 13.1. The lowest BCUT2D eigenvalue weighted by Crippen LogP contribution is -2.48. The summed E-state index contributed by atoms with van der Waals surface area (Å²) in [6.45, 7) is 3.81. The van der Waals surface area contributed by atoms with Crippen LogP contribution in [0.3, 0.4) is 0 Å². The summed E-state index contributed by atoms with van der Waals surface area (Å²) in [5, 5.41) is 6.70. The number of nitrogens with one attached hydrogen (secondary N) is 2. The Hall–Kier alpha value is -1.59. The molecule has 6 heteroatoms. The Morgan fingerprint density at radius 3 is 3.00 bits per heavy atom. The lowest BCUT2D eigenvalue weighted by molar-refractivity contribution is -0.134. The zero-order valence-electron chi connectivity index (χ0n) is 15.5. The van der Waals surface area contributed by atoms with Crippen molar-refractivity contribution in [2.75, 3.05) is 25.0 Å². The molecule has 0 spiro atoms. The molecular weight excluding hydrogens is 350 g/mol. The van der Waals surface area contributed by atoms with E-state index in [0.717, 1.165) is 49.2 Å². The Morgan fingerprint density at radius 2 is 2.19 bits per heavy atom. The normalized spacial score (nSPS) is 28.2. The van der Waals surface area contributed by atoms with Crippen LogP contribution in [0.15, 0.2) is 18.2 Å². The molecule has 0 radical (unpaired) electrons. The highest BCUT2D eigenvalue weighted by Gasteiger charge is 2.50. The molecule has 1 aliphatic carbocycles. The van der Waals surface area contributed by atoms with Crippen molar-refractivity contribution in [3.63, 3.8) is 0 Å². The zero-order chi connectivity index (χ0) is 17.6. The summed E-state index contributed by atoms with van der Waals surface area (Å²) >= 11 is 0. The molecule has 2 fully saturated rings. The molecule has 3 aliphatic rings. The molecule has 2 aliphatic heterocycles. The van der Waals surface area contributed by atoms with Gasteiger partial charge in [0.15, 0.2) is 0 Å². The van der Waals surface area contributed by atoms with Crippen LogP contribution in [0, 0.1) is 11.3 Å². The van der Waals surface area contributed by atoms with E-state index in [2.05, 4.69) is 16.7 Å². The Labute approximate surface area is 161 Å². The van der Waals surface area contributed by atoms with Crippen molar-refractivity contribution in [2.45, 2.75) is 45.1 Å². The van der Waals surface area contributed by atoms with Gasteiger partial charge < -0.3 is 15.5 Å². The third-order valence-corrected chi connectivity index (χ3v) is 6.52. The van der Waals surface area contributed by atoms with Gasteiger partial charge in [0.1, 0.15) is 0 Å². The predicted molar refractivity (Wildman–Crippen MR) is 105 cm³/mol. The summed E-state index contributed by atoms with van der Waals surface area (Å²) in [5.41, 5.74) is 2.89. The number of hydrogen-bond donors (Lipinski definition) is 2. The fourth-order valence-electron chi connectivity index (χ4n) is 4.87. The number of carbonyl (C=O) groups excluding carboxylic acids is 2. The van der Waals surface area contributed by atoms with E-state index in [-0.39, 0.29) is 35.7 Å². The topological polar surface area (TPSA) is 61.4 Å². The minimum atomic E-state index is -0.223. The largest absolute Gasteiger partial charge is 0.349 e. The van der Waals surface area contributed by atoms with Crippen LogP contribution in [-0.4, -0.2) is 32.0 Å². The van der Waals surface area contributed by atoms with Gasteiger partial charge in [-0.2, -0.15) is 0 Å². The van der Waals surface area contributed by atoms with Gasteiger partial charge in [0, 0.05) is 19.3 Å². The first-order valence-electron chi connectivity index (χ1n) is 9.42. The van der Waals surface area contributed by atoms with Crippen LogP contribution in [-0.2, 0) is 16.0 Å². The molecule has 4 rings (SSSR count). The van der Waals surface area contributed by atoms with Gasteiger partial charge in [0.05, 0.1) is 17.9 Å². The number of halogens is 1. The predicted octanol–water partition coefficient (Wildman–Crippen LogP) is 2.58. The Balaban J connectivity index is 0.00000196. The Kier molecular flexibility index (Phi) is 5.31. The highest BCUT2D eigenvalue weighted by atomic mass is 35.5. The molecular formula is C20H28ClN3O2. The van der Waals surface area contributed by atoms with E-state index < -0.39 is 0 Å². The number of anilines is 1. The molecule has 1 unspecified atom stereocenters. The van der Waals surface area contributed by atoms with Gasteiger partial charge in [0.2, 0.25) is 11.8 Å². The van der Waals surface area contributed by atoms with Crippen LogP contribution >= 0.6 is 12.4 Å². The van der Waals surface area contributed by atoms with E-state index >= 15 is 0 Å². The summed E-state index contributed by atoms with van der Waals surface area (Å²) in [5.74, 6) is 0.799. The second-order valence-corrected chi connectivity index (χ2v) is 7.94. The first-order chi connectivity index (χ1) is 12.0. The number of amides is 2. The average Bonchev–Trinajstić information content (AvgIpc) is 3.17. The molecule has 0 aromatic heterocycles. The van der Waals surface area contributed by atoms with Crippen LogP contribution in [0.4, 0.5) is 5.69 Å². The van der Waals surface area contributed by atoms with E-state index in [9.17, 15) is 9.59 Å². The van der Waals surface area contributed by atoms with Crippen LogP contribution in [0.5, 0.6) is 0 Å². The molecule has 1 saturated heterocycles. The van der Waals surface area contributed by atoms with Gasteiger partial charge in [-0.15, -0.1) is 12.4 Å². The molecule has 26 heavy (non-hydrogen) atoms. The maximum atomic E-state index is 13.1. The van der Waals surface area contributed by atoms with Crippen molar-refractivity contribution in [1.82, 2.24) is 10.6 Å². The summed E-state index contributed by atoms with van der Waals surface area (Å²) in [7, 11) is 1.81. The third kappa shape index (κ3) is 3.01. The minimum absolute atomic E-state index is 0. The highest BCUT2D eigenvalue weighted by Crippen LogP contribution is 2.44. The number of likely N-dealkylation sites (N-methyl/N-ethyl adjacent to an activating group) is 1. The lowest BCUT2D eigenvalue weighted by atomic mass is 9.67. The molecule has 2 N–H and O–H groups in total. The third-order valence-electron chi connectivity index (χ3n) is 6.52. The summed E-state index contributed by atoms with van der Waals surface area (Å²) in [6, 6.07) is 6.06.